The van der Waals surface area contributed by atoms with Crippen LogP contribution in [0.2, 0.25) is 0 Å². The molecule has 0 aliphatic rings. The van der Waals surface area contributed by atoms with E-state index in [4.69, 9.17) is 32.8 Å². The summed E-state index contributed by atoms with van der Waals surface area (Å²) in [4.78, 5) is 154. The fourth-order valence-electron chi connectivity index (χ4n) is 9.17. The van der Waals surface area contributed by atoms with Crippen molar-refractivity contribution in [1.82, 2.24) is 47.5 Å². The van der Waals surface area contributed by atoms with E-state index in [2.05, 4.69) is 52.5 Å². The minimum absolute atomic E-state index is 0.00375. The number of carbonyl (C=O) groups is 11. The molecule has 96 heavy (non-hydrogen) atoms. The lowest BCUT2D eigenvalue weighted by Crippen LogP contribution is -2.63. The van der Waals surface area contributed by atoms with E-state index < -0.39 is 139 Å². The highest BCUT2D eigenvalue weighted by Crippen LogP contribution is 2.21. The third-order valence-corrected chi connectivity index (χ3v) is 15.5. The van der Waals surface area contributed by atoms with Gasteiger partial charge < -0.3 is 90.9 Å². The quantitative estimate of drug-likeness (QED) is 0.0134. The van der Waals surface area contributed by atoms with Crippen LogP contribution in [0.3, 0.4) is 0 Å². The summed E-state index contributed by atoms with van der Waals surface area (Å²) in [7, 11) is 0. The minimum Gasteiger partial charge on any atom is -0.508 e. The Morgan fingerprint density at radius 2 is 1.08 bits per heavy atom. The molecule has 33 heteroatoms. The molecule has 1 aromatic heterocycles. The molecular formula is C63H81F3N14O15S. The summed E-state index contributed by atoms with van der Waals surface area (Å²) < 4.78 is 31.7. The number of phenolic OH excluding ortho intramolecular Hbond substituents is 1. The smallest absolute Gasteiger partial charge is 0.490 e. The second kappa shape index (κ2) is 38.9. The Hall–Kier alpha value is -10.1. The summed E-state index contributed by atoms with van der Waals surface area (Å²) >= 11 is 0.990. The molecule has 9 amide bonds. The van der Waals surface area contributed by atoms with Crippen LogP contribution in [-0.4, -0.2) is 176 Å². The van der Waals surface area contributed by atoms with Gasteiger partial charge >= 0.3 is 12.1 Å². The first-order valence-corrected chi connectivity index (χ1v) is 31.0. The van der Waals surface area contributed by atoms with E-state index in [1.165, 1.54) is 31.2 Å². The van der Waals surface area contributed by atoms with Gasteiger partial charge in [0, 0.05) is 48.7 Å². The molecule has 0 saturated carbocycles. The number of thioether (sulfide) groups is 1. The van der Waals surface area contributed by atoms with E-state index in [0.717, 1.165) is 22.8 Å². The summed E-state index contributed by atoms with van der Waals surface area (Å²) in [5, 5.41) is 59.4. The molecular weight excluding hydrogens is 1280 g/mol. The number of aliphatic hydroxyl groups excluding tert-OH is 2. The number of alkyl halides is 3. The van der Waals surface area contributed by atoms with Gasteiger partial charge in [0.2, 0.25) is 58.3 Å². The van der Waals surface area contributed by atoms with Crippen molar-refractivity contribution in [3.05, 3.63) is 138 Å². The van der Waals surface area contributed by atoms with Crippen molar-refractivity contribution in [2.24, 2.45) is 33.8 Å². The standard InChI is InChI=1S/C61H80N14O13S.C2HF3O2/c1-4-34(2)51(59(87)73-48(32-76)58(86)75-52(35(3)77)60(88)72-45(26-36-14-7-5-8-15-36)54(82)68-31-50(80)89-33-38-16-9-6-10-17-38)74-57(85)46(27-37-21-23-40(78)24-22-37)71-55(83)44(20-13-25-66-61(64)65)69-56(84)47(70-53(81)42(62)29-49(63)79)28-39-30-67-43-19-12-11-18-41(39)43;3-2(4,5)1(6)7/h5-12,14-19,21-24,30,34-35,42,44-48,51-52,67,76-78H,4,13,20,25-29,31-33,62H2,1-3H3,(H2,63,79)(H,68,82)(H,69,84)(H,70,81)(H,71,83)(H,72,88)(H,73,87)(H,74,85)(H,75,86)(H4,64,65,66);(H,6,7)/t34-,35+,42-,44-,45-,46-,47-,48-,51-,52-;/m0./s1. The molecule has 0 aliphatic carbocycles. The molecule has 520 valence electrons. The molecule has 0 aliphatic heterocycles. The average Bonchev–Trinajstić information content (AvgIpc) is 1.64. The second-order valence-corrected chi connectivity index (χ2v) is 23.1. The lowest BCUT2D eigenvalue weighted by molar-refractivity contribution is -0.192. The number of fused-ring (bicyclic) bond motifs is 1. The summed E-state index contributed by atoms with van der Waals surface area (Å²) in [5.41, 5.74) is 25.7. The monoisotopic (exact) mass is 1360 g/mol. The molecule has 0 fully saturated rings. The van der Waals surface area contributed by atoms with Gasteiger partial charge in [0.05, 0.1) is 31.7 Å². The van der Waals surface area contributed by atoms with Gasteiger partial charge in [0.15, 0.2) is 5.96 Å². The number of aromatic hydroxyl groups is 1. The number of H-pyrrole nitrogens is 1. The third-order valence-electron chi connectivity index (χ3n) is 14.6. The molecule has 0 bridgehead atoms. The number of para-hydroxylation sites is 1. The first-order valence-electron chi connectivity index (χ1n) is 30.1. The number of hydrogen-bond donors (Lipinski definition) is 17. The molecule has 0 radical (unpaired) electrons. The fourth-order valence-corrected chi connectivity index (χ4v) is 9.87. The first kappa shape index (κ1) is 78.3. The summed E-state index contributed by atoms with van der Waals surface area (Å²) in [6, 6.07) is 18.4. The largest absolute Gasteiger partial charge is 0.508 e. The first-order chi connectivity index (χ1) is 45.4. The maximum Gasteiger partial charge on any atom is 0.490 e. The number of primary amides is 1. The van der Waals surface area contributed by atoms with E-state index in [1.807, 2.05) is 30.3 Å². The molecule has 5 rings (SSSR count). The Balaban J connectivity index is 0.00000264. The Kier molecular flexibility index (Phi) is 31.7. The van der Waals surface area contributed by atoms with Crippen molar-refractivity contribution >= 4 is 92.9 Å². The van der Waals surface area contributed by atoms with E-state index in [-0.39, 0.29) is 68.4 Å². The molecule has 0 spiro atoms. The predicted octanol–water partition coefficient (Wildman–Crippen LogP) is -0.820. The van der Waals surface area contributed by atoms with Crippen LogP contribution in [0.4, 0.5) is 13.2 Å². The molecule has 0 saturated heterocycles. The van der Waals surface area contributed by atoms with Crippen LogP contribution in [-0.2, 0) is 77.8 Å². The Labute approximate surface area is 553 Å². The van der Waals surface area contributed by atoms with Crippen LogP contribution >= 0.6 is 11.8 Å². The third kappa shape index (κ3) is 26.7. The maximum absolute atomic E-state index is 14.7. The van der Waals surface area contributed by atoms with Gasteiger partial charge in [-0.15, -0.1) is 0 Å². The summed E-state index contributed by atoms with van der Waals surface area (Å²) in [6.45, 7) is 3.07. The number of aliphatic hydroxyl groups is 2. The highest BCUT2D eigenvalue weighted by Gasteiger charge is 2.39. The molecule has 0 unspecified atom stereocenters. The number of aromatic nitrogens is 1. The van der Waals surface area contributed by atoms with Gasteiger partial charge in [-0.3, -0.25) is 52.9 Å². The lowest BCUT2D eigenvalue weighted by atomic mass is 9.96. The van der Waals surface area contributed by atoms with E-state index in [0.29, 0.717) is 27.8 Å². The maximum atomic E-state index is 14.7. The predicted molar refractivity (Wildman–Crippen MR) is 347 cm³/mol. The SMILES string of the molecule is CC[C@H](C)[C@H](NC(=O)[C@H](Cc1ccc(O)cc1)NC(=O)[C@H](CCCN=C(N)N)NC(=O)[C@H](Cc1c[nH]c2ccccc12)NC(=O)[C@@H](N)CC(N)=O)C(=O)N[C@@H](CO)C(=O)N[C@H](C(=O)N[C@@H](Cc1ccccc1)C(=O)NCC(=O)SCc1ccccc1)[C@@H](C)O.O=C(O)C(F)(F)F. The summed E-state index contributed by atoms with van der Waals surface area (Å²) in [5.74, 6) is -11.9. The normalized spacial score (nSPS) is 14.2. The van der Waals surface area contributed by atoms with Crippen molar-refractivity contribution < 1.29 is 86.3 Å². The number of nitrogens with zero attached hydrogens (tertiary/aromatic N) is 1. The van der Waals surface area contributed by atoms with Crippen LogP contribution < -0.4 is 65.5 Å². The fraction of sp³-hybridized carbons (Fsp3) is 0.397. The van der Waals surface area contributed by atoms with Gasteiger partial charge in [-0.25, -0.2) is 4.79 Å². The number of rotatable bonds is 35. The molecule has 1 heterocycles. The second-order valence-electron chi connectivity index (χ2n) is 22.1. The number of aliphatic imine (C=N–C) groups is 1. The topological polar surface area (TPSA) is 497 Å². The molecule has 5 aromatic rings. The Bertz CT molecular complexity index is 3470. The number of hydrogen-bond acceptors (Lipinski definition) is 17. The van der Waals surface area contributed by atoms with Crippen molar-refractivity contribution in [2.45, 2.75) is 132 Å². The van der Waals surface area contributed by atoms with Crippen LogP contribution in [0.25, 0.3) is 10.9 Å². The summed E-state index contributed by atoms with van der Waals surface area (Å²) in [6.07, 6.45) is -5.86. The Morgan fingerprint density at radius 1 is 0.604 bits per heavy atom. The van der Waals surface area contributed by atoms with Crippen LogP contribution in [0.15, 0.2) is 120 Å². The number of carboxylic acids is 1. The highest BCUT2D eigenvalue weighted by atomic mass is 32.2. The lowest BCUT2D eigenvalue weighted by Gasteiger charge is -2.30. The number of amides is 9. The zero-order valence-electron chi connectivity index (χ0n) is 52.6. The van der Waals surface area contributed by atoms with E-state index in [9.17, 15) is 76.4 Å². The Morgan fingerprint density at radius 3 is 1.66 bits per heavy atom. The molecule has 21 N–H and O–H groups in total. The number of halogens is 3. The number of aromatic amines is 1. The zero-order chi connectivity index (χ0) is 71.2. The number of guanidine groups is 1. The molecule has 10 atom stereocenters. The van der Waals surface area contributed by atoms with E-state index >= 15 is 0 Å². The van der Waals surface area contributed by atoms with Crippen molar-refractivity contribution in [3.8, 4) is 5.75 Å². The van der Waals surface area contributed by atoms with Crippen molar-refractivity contribution in [1.29, 1.82) is 0 Å². The van der Waals surface area contributed by atoms with Crippen molar-refractivity contribution in [3.63, 3.8) is 0 Å². The van der Waals surface area contributed by atoms with Gasteiger partial charge in [-0.2, -0.15) is 13.2 Å². The molecule has 29 nitrogen and oxygen atoms in total. The molecule has 4 aromatic carbocycles. The van der Waals surface area contributed by atoms with Crippen LogP contribution in [0.1, 0.15) is 68.7 Å². The van der Waals surface area contributed by atoms with E-state index in [1.54, 1.807) is 74.6 Å². The van der Waals surface area contributed by atoms with Gasteiger partial charge in [-0.05, 0) is 66.1 Å². The van der Waals surface area contributed by atoms with Gasteiger partial charge in [0.25, 0.3) is 0 Å². The van der Waals surface area contributed by atoms with Gasteiger partial charge in [0.1, 0.15) is 48.0 Å². The van der Waals surface area contributed by atoms with Crippen LogP contribution in [0.5, 0.6) is 5.75 Å². The van der Waals surface area contributed by atoms with Crippen molar-refractivity contribution in [2.75, 3.05) is 19.7 Å². The number of benzene rings is 4. The van der Waals surface area contributed by atoms with Gasteiger partial charge in [-0.1, -0.05) is 123 Å². The number of nitrogens with one attached hydrogen (secondary N) is 9. The van der Waals surface area contributed by atoms with Crippen LogP contribution in [0, 0.1) is 5.92 Å². The highest BCUT2D eigenvalue weighted by molar-refractivity contribution is 8.13. The average molecular weight is 1360 g/mol. The number of phenols is 1. The number of carbonyl (C=O) groups excluding carboxylic acids is 10. The number of aliphatic carboxylic acids is 1. The zero-order valence-corrected chi connectivity index (χ0v) is 53.4. The minimum atomic E-state index is -5.08. The number of nitrogens with two attached hydrogens (primary N) is 4. The number of carboxylic acid groups (broad SMARTS) is 1.